The highest BCUT2D eigenvalue weighted by atomic mass is 32.1. The van der Waals surface area contributed by atoms with Crippen LogP contribution in [0.1, 0.15) is 34.0 Å². The van der Waals surface area contributed by atoms with Gasteiger partial charge in [-0.2, -0.15) is 9.78 Å². The number of hydrogen-bond donors (Lipinski definition) is 0. The molecule has 4 nitrogen and oxygen atoms in total. The van der Waals surface area contributed by atoms with Crippen molar-refractivity contribution in [1.29, 1.82) is 0 Å². The van der Waals surface area contributed by atoms with E-state index in [1.165, 1.54) is 21.5 Å². The SMILES string of the molecule is Cc1nc2sc3c(c2c(=O)n1N=Cc1cccs1)CCCC3. The van der Waals surface area contributed by atoms with Crippen molar-refractivity contribution in [3.63, 3.8) is 0 Å². The largest absolute Gasteiger partial charge is 0.283 e. The highest BCUT2D eigenvalue weighted by Gasteiger charge is 2.20. The zero-order valence-corrected chi connectivity index (χ0v) is 13.8. The molecule has 0 aromatic carbocycles. The van der Waals surface area contributed by atoms with Gasteiger partial charge in [-0.1, -0.05) is 6.07 Å². The van der Waals surface area contributed by atoms with E-state index in [9.17, 15) is 4.79 Å². The maximum absolute atomic E-state index is 12.9. The predicted molar refractivity (Wildman–Crippen MR) is 92.6 cm³/mol. The third-order valence-corrected chi connectivity index (χ3v) is 5.97. The Balaban J connectivity index is 1.90. The maximum atomic E-state index is 12.9. The van der Waals surface area contributed by atoms with Gasteiger partial charge in [-0.3, -0.25) is 4.79 Å². The Bertz CT molecular complexity index is 919. The molecule has 0 bridgehead atoms. The van der Waals surface area contributed by atoms with Crippen molar-refractivity contribution in [2.24, 2.45) is 5.10 Å². The van der Waals surface area contributed by atoms with Gasteiger partial charge in [0.25, 0.3) is 5.56 Å². The fourth-order valence-corrected chi connectivity index (χ4v) is 4.79. The molecular formula is C16H15N3OS2. The topological polar surface area (TPSA) is 47.2 Å². The highest BCUT2D eigenvalue weighted by molar-refractivity contribution is 7.18. The summed E-state index contributed by atoms with van der Waals surface area (Å²) < 4.78 is 1.43. The summed E-state index contributed by atoms with van der Waals surface area (Å²) in [7, 11) is 0. The van der Waals surface area contributed by atoms with Crippen LogP contribution >= 0.6 is 22.7 Å². The molecular weight excluding hydrogens is 314 g/mol. The van der Waals surface area contributed by atoms with Gasteiger partial charge >= 0.3 is 0 Å². The van der Waals surface area contributed by atoms with Crippen LogP contribution in [-0.4, -0.2) is 15.9 Å². The van der Waals surface area contributed by atoms with Crippen LogP contribution in [0, 0.1) is 6.92 Å². The van der Waals surface area contributed by atoms with Crippen molar-refractivity contribution in [1.82, 2.24) is 9.66 Å². The molecule has 4 rings (SSSR count). The zero-order valence-electron chi connectivity index (χ0n) is 12.2. The summed E-state index contributed by atoms with van der Waals surface area (Å²) >= 11 is 3.28. The normalized spacial score (nSPS) is 14.8. The molecule has 1 aliphatic rings. The molecule has 0 spiro atoms. The Labute approximate surface area is 135 Å². The van der Waals surface area contributed by atoms with Gasteiger partial charge in [-0.15, -0.1) is 22.7 Å². The van der Waals surface area contributed by atoms with Gasteiger partial charge in [0.15, 0.2) is 0 Å². The minimum Gasteiger partial charge on any atom is -0.267 e. The number of rotatable bonds is 2. The third-order valence-electron chi connectivity index (χ3n) is 3.97. The lowest BCUT2D eigenvalue weighted by atomic mass is 9.97. The number of aryl methyl sites for hydroxylation is 3. The Hall–Kier alpha value is -1.79. The second kappa shape index (κ2) is 5.44. The maximum Gasteiger partial charge on any atom is 0.283 e. The summed E-state index contributed by atoms with van der Waals surface area (Å²) in [5.74, 6) is 0.643. The Morgan fingerprint density at radius 3 is 3.05 bits per heavy atom. The number of aromatic nitrogens is 2. The van der Waals surface area contributed by atoms with E-state index >= 15 is 0 Å². The summed E-state index contributed by atoms with van der Waals surface area (Å²) in [5, 5.41) is 7.14. The van der Waals surface area contributed by atoms with E-state index in [0.717, 1.165) is 34.4 Å². The molecule has 112 valence electrons. The monoisotopic (exact) mass is 329 g/mol. The molecule has 22 heavy (non-hydrogen) atoms. The smallest absolute Gasteiger partial charge is 0.267 e. The lowest BCUT2D eigenvalue weighted by molar-refractivity contribution is 0.698. The number of hydrogen-bond acceptors (Lipinski definition) is 5. The first-order valence-corrected chi connectivity index (χ1v) is 9.05. The summed E-state index contributed by atoms with van der Waals surface area (Å²) in [6.45, 7) is 1.84. The highest BCUT2D eigenvalue weighted by Crippen LogP contribution is 2.33. The Morgan fingerprint density at radius 1 is 1.36 bits per heavy atom. The second-order valence-electron chi connectivity index (χ2n) is 5.43. The van der Waals surface area contributed by atoms with Crippen molar-refractivity contribution in [3.05, 3.63) is 49.0 Å². The van der Waals surface area contributed by atoms with E-state index < -0.39 is 0 Å². The molecule has 1 aliphatic carbocycles. The molecule has 0 unspecified atom stereocenters. The predicted octanol–water partition coefficient (Wildman–Crippen LogP) is 3.59. The summed E-state index contributed by atoms with van der Waals surface area (Å²) in [4.78, 5) is 20.7. The summed E-state index contributed by atoms with van der Waals surface area (Å²) in [6.07, 6.45) is 6.16. The molecule has 3 aromatic heterocycles. The zero-order chi connectivity index (χ0) is 15.1. The van der Waals surface area contributed by atoms with Crippen LogP contribution in [-0.2, 0) is 12.8 Å². The van der Waals surface area contributed by atoms with E-state index in [-0.39, 0.29) is 5.56 Å². The first kappa shape index (κ1) is 13.8. The average Bonchev–Trinajstić information content (AvgIpc) is 3.13. The fourth-order valence-electron chi connectivity index (χ4n) is 2.91. The van der Waals surface area contributed by atoms with Gasteiger partial charge in [-0.05, 0) is 49.6 Å². The molecule has 0 fully saturated rings. The summed E-state index contributed by atoms with van der Waals surface area (Å²) in [5.41, 5.74) is 1.18. The first-order chi connectivity index (χ1) is 10.7. The van der Waals surface area contributed by atoms with Crippen LogP contribution in [0.4, 0.5) is 0 Å². The second-order valence-corrected chi connectivity index (χ2v) is 7.49. The van der Waals surface area contributed by atoms with Crippen molar-refractivity contribution < 1.29 is 0 Å². The van der Waals surface area contributed by atoms with Crippen LogP contribution in [0.2, 0.25) is 0 Å². The van der Waals surface area contributed by atoms with E-state index in [1.807, 2.05) is 24.4 Å². The molecule has 6 heteroatoms. The lowest BCUT2D eigenvalue weighted by Gasteiger charge is -2.10. The summed E-state index contributed by atoms with van der Waals surface area (Å²) in [6, 6.07) is 3.95. The molecule has 0 saturated carbocycles. The van der Waals surface area contributed by atoms with Crippen molar-refractivity contribution >= 4 is 39.1 Å². The first-order valence-electron chi connectivity index (χ1n) is 7.36. The van der Waals surface area contributed by atoms with Crippen molar-refractivity contribution in [2.45, 2.75) is 32.6 Å². The van der Waals surface area contributed by atoms with Crippen LogP contribution in [0.15, 0.2) is 27.4 Å². The minimum atomic E-state index is -0.0327. The van der Waals surface area contributed by atoms with E-state index in [1.54, 1.807) is 28.9 Å². The van der Waals surface area contributed by atoms with Gasteiger partial charge < -0.3 is 0 Å². The van der Waals surface area contributed by atoms with Crippen LogP contribution in [0.5, 0.6) is 0 Å². The van der Waals surface area contributed by atoms with Crippen molar-refractivity contribution in [2.75, 3.05) is 0 Å². The van der Waals surface area contributed by atoms with Gasteiger partial charge in [0, 0.05) is 9.75 Å². The van der Waals surface area contributed by atoms with Crippen LogP contribution in [0.25, 0.3) is 10.2 Å². The van der Waals surface area contributed by atoms with Crippen LogP contribution in [0.3, 0.4) is 0 Å². The molecule has 0 aliphatic heterocycles. The Kier molecular flexibility index (Phi) is 3.43. The van der Waals surface area contributed by atoms with Gasteiger partial charge in [0.05, 0.1) is 11.6 Å². The fraction of sp³-hybridized carbons (Fsp3) is 0.312. The quantitative estimate of drug-likeness (QED) is 0.675. The van der Waals surface area contributed by atoms with E-state index in [4.69, 9.17) is 0 Å². The lowest BCUT2D eigenvalue weighted by Crippen LogP contribution is -2.21. The standard InChI is InChI=1S/C16H15N3OS2/c1-10-18-15-14(12-6-2-3-7-13(12)22-15)16(20)19(10)17-9-11-5-4-8-21-11/h4-5,8-9H,2-3,6-7H2,1H3. The van der Waals surface area contributed by atoms with E-state index in [0.29, 0.717) is 5.82 Å². The van der Waals surface area contributed by atoms with Gasteiger partial charge in [0.2, 0.25) is 0 Å². The number of thiophene rings is 2. The number of nitrogens with zero attached hydrogens (tertiary/aromatic N) is 3. The van der Waals surface area contributed by atoms with Gasteiger partial charge in [-0.25, -0.2) is 4.98 Å². The van der Waals surface area contributed by atoms with Crippen molar-refractivity contribution in [3.8, 4) is 0 Å². The molecule has 3 heterocycles. The molecule has 0 N–H and O–H groups in total. The Morgan fingerprint density at radius 2 is 2.23 bits per heavy atom. The molecule has 0 radical (unpaired) electrons. The number of fused-ring (bicyclic) bond motifs is 3. The third kappa shape index (κ3) is 2.23. The molecule has 0 atom stereocenters. The molecule has 0 amide bonds. The van der Waals surface area contributed by atoms with Gasteiger partial charge in [0.1, 0.15) is 10.7 Å². The van der Waals surface area contributed by atoms with Crippen LogP contribution < -0.4 is 5.56 Å². The molecule has 3 aromatic rings. The minimum absolute atomic E-state index is 0.0327. The van der Waals surface area contributed by atoms with E-state index in [2.05, 4.69) is 10.1 Å². The molecule has 0 saturated heterocycles. The average molecular weight is 329 g/mol.